The van der Waals surface area contributed by atoms with Crippen LogP contribution in [0.25, 0.3) is 0 Å². The van der Waals surface area contributed by atoms with E-state index in [1.54, 1.807) is 5.54 Å². The summed E-state index contributed by atoms with van der Waals surface area (Å²) in [5.41, 5.74) is 3.00. The first kappa shape index (κ1) is 11.6. The summed E-state index contributed by atoms with van der Waals surface area (Å²) < 4.78 is 0. The summed E-state index contributed by atoms with van der Waals surface area (Å²) in [6.45, 7) is 2.15. The average Bonchev–Trinajstić information content (AvgIpc) is 2.10. The maximum atomic E-state index is 6.26. The quantitative estimate of drug-likeness (QED) is 0.518. The molecule has 0 N–H and O–H groups in total. The zero-order valence-electron chi connectivity index (χ0n) is 7.56. The Hall–Kier alpha value is 0.540. The number of rotatable bonds is 2. The molecule has 0 bridgehead atoms. The van der Waals surface area contributed by atoms with E-state index >= 15 is 0 Å². The molecular formula is C10H13BrCl2. The molecule has 0 fully saturated rings. The average molecular weight is 284 g/mol. The summed E-state index contributed by atoms with van der Waals surface area (Å²) >= 11 is 15.3. The van der Waals surface area contributed by atoms with E-state index in [2.05, 4.69) is 28.9 Å². The molecule has 1 aliphatic carbocycles. The van der Waals surface area contributed by atoms with Gasteiger partial charge in [-0.25, -0.2) is 0 Å². The van der Waals surface area contributed by atoms with Crippen LogP contribution in [0.5, 0.6) is 0 Å². The summed E-state index contributed by atoms with van der Waals surface area (Å²) in [4.78, 5) is 0. The molecule has 0 aromatic heterocycles. The Balaban J connectivity index is 2.81. The van der Waals surface area contributed by atoms with Gasteiger partial charge in [0.15, 0.2) is 0 Å². The zero-order chi connectivity index (χ0) is 9.90. The molecule has 0 aromatic rings. The first-order valence-corrected chi connectivity index (χ1v) is 6.27. The number of hydrogen-bond acceptors (Lipinski definition) is 0. The Morgan fingerprint density at radius 3 is 3.00 bits per heavy atom. The van der Waals surface area contributed by atoms with E-state index in [0.717, 1.165) is 18.2 Å². The monoisotopic (exact) mass is 282 g/mol. The van der Waals surface area contributed by atoms with Crippen LogP contribution in [-0.4, -0.2) is 10.7 Å². The maximum absolute atomic E-state index is 6.26. The number of hydrogen-bond donors (Lipinski definition) is 0. The van der Waals surface area contributed by atoms with Gasteiger partial charge in [0.05, 0.1) is 0 Å². The molecule has 0 aromatic carbocycles. The van der Waals surface area contributed by atoms with E-state index in [9.17, 15) is 0 Å². The van der Waals surface area contributed by atoms with Gasteiger partial charge >= 0.3 is 0 Å². The van der Waals surface area contributed by atoms with Gasteiger partial charge in [0.2, 0.25) is 0 Å². The van der Waals surface area contributed by atoms with Crippen LogP contribution in [-0.2, 0) is 0 Å². The van der Waals surface area contributed by atoms with Crippen LogP contribution in [0.4, 0.5) is 0 Å². The molecule has 13 heavy (non-hydrogen) atoms. The van der Waals surface area contributed by atoms with Gasteiger partial charge < -0.3 is 0 Å². The van der Waals surface area contributed by atoms with Crippen molar-refractivity contribution in [2.45, 2.75) is 25.1 Å². The van der Waals surface area contributed by atoms with Crippen LogP contribution in [0.15, 0.2) is 23.3 Å². The van der Waals surface area contributed by atoms with Gasteiger partial charge in [-0.15, -0.1) is 11.6 Å². The molecule has 0 spiro atoms. The predicted octanol–water partition coefficient (Wildman–Crippen LogP) is 4.47. The number of alkyl halides is 2. The molecule has 3 heteroatoms. The van der Waals surface area contributed by atoms with E-state index in [1.165, 1.54) is 5.57 Å². The van der Waals surface area contributed by atoms with E-state index < -0.39 is 0 Å². The largest absolute Gasteiger partial charge is 0.122 e. The Kier molecular flexibility index (Phi) is 4.34. The fourth-order valence-electron chi connectivity index (χ4n) is 1.62. The summed E-state index contributed by atoms with van der Waals surface area (Å²) in [6, 6.07) is 0. The molecule has 0 saturated heterocycles. The lowest BCUT2D eigenvalue weighted by Crippen LogP contribution is -2.29. The minimum Gasteiger partial charge on any atom is -0.122 e. The van der Waals surface area contributed by atoms with E-state index in [-0.39, 0.29) is 10.8 Å². The van der Waals surface area contributed by atoms with Gasteiger partial charge in [0, 0.05) is 21.7 Å². The molecule has 0 heterocycles. The second-order valence-corrected chi connectivity index (χ2v) is 5.01. The highest BCUT2D eigenvalue weighted by Crippen LogP contribution is 2.41. The zero-order valence-corrected chi connectivity index (χ0v) is 10.7. The van der Waals surface area contributed by atoms with Crippen LogP contribution < -0.4 is 0 Å². The van der Waals surface area contributed by atoms with Crippen LogP contribution in [0, 0.1) is 5.41 Å². The van der Waals surface area contributed by atoms with Crippen molar-refractivity contribution >= 4 is 39.1 Å². The SMILES string of the molecule is C[C@@]1(/C=C/Cl)CC(CBr)=CC[C@@H]1Cl. The van der Waals surface area contributed by atoms with Crippen molar-refractivity contribution in [3.63, 3.8) is 0 Å². The van der Waals surface area contributed by atoms with Crippen LogP contribution in [0.3, 0.4) is 0 Å². The normalized spacial score (nSPS) is 35.1. The standard InChI is InChI=1S/C10H13BrCl2/c1-10(4-5-12)6-8(7-11)2-3-9(10)13/h2,4-5,9H,3,6-7H2,1H3/b5-4+/t9-,10+/m0/s1. The van der Waals surface area contributed by atoms with Crippen molar-refractivity contribution in [3.05, 3.63) is 23.3 Å². The molecule has 2 atom stereocenters. The molecule has 0 amide bonds. The first-order valence-electron chi connectivity index (χ1n) is 4.28. The van der Waals surface area contributed by atoms with Crippen LogP contribution in [0.1, 0.15) is 19.8 Å². The molecule has 0 saturated carbocycles. The molecule has 0 nitrogen and oxygen atoms in total. The fourth-order valence-corrected chi connectivity index (χ4v) is 2.57. The lowest BCUT2D eigenvalue weighted by atomic mass is 9.76. The highest BCUT2D eigenvalue weighted by atomic mass is 79.9. The van der Waals surface area contributed by atoms with Gasteiger partial charge in [-0.3, -0.25) is 0 Å². The number of allylic oxidation sites excluding steroid dienone is 3. The van der Waals surface area contributed by atoms with Gasteiger partial charge in [-0.2, -0.15) is 0 Å². The van der Waals surface area contributed by atoms with E-state index in [4.69, 9.17) is 23.2 Å². The molecule has 74 valence electrons. The third kappa shape index (κ3) is 2.74. The summed E-state index contributed by atoms with van der Waals surface area (Å²) in [5, 5.41) is 1.09. The Bertz CT molecular complexity index is 235. The van der Waals surface area contributed by atoms with Gasteiger partial charge in [-0.1, -0.05) is 52.2 Å². The Morgan fingerprint density at radius 1 is 1.77 bits per heavy atom. The molecule has 1 aliphatic rings. The van der Waals surface area contributed by atoms with Gasteiger partial charge in [0.1, 0.15) is 0 Å². The van der Waals surface area contributed by atoms with Crippen molar-refractivity contribution in [1.29, 1.82) is 0 Å². The van der Waals surface area contributed by atoms with Crippen molar-refractivity contribution in [1.82, 2.24) is 0 Å². The van der Waals surface area contributed by atoms with Crippen molar-refractivity contribution in [2.24, 2.45) is 5.41 Å². The molecule has 0 unspecified atom stereocenters. The summed E-state index contributed by atoms with van der Waals surface area (Å²) in [5.74, 6) is 0. The first-order chi connectivity index (χ1) is 6.12. The van der Waals surface area contributed by atoms with Crippen LogP contribution >= 0.6 is 39.1 Å². The minimum absolute atomic E-state index is 0.0150. The third-order valence-electron chi connectivity index (χ3n) is 2.55. The van der Waals surface area contributed by atoms with Crippen LogP contribution in [0.2, 0.25) is 0 Å². The molecule has 0 aliphatic heterocycles. The summed E-state index contributed by atoms with van der Waals surface area (Å²) in [7, 11) is 0. The highest BCUT2D eigenvalue weighted by molar-refractivity contribution is 9.09. The second-order valence-electron chi connectivity index (χ2n) is 3.67. The lowest BCUT2D eigenvalue weighted by Gasteiger charge is -2.35. The summed E-state index contributed by atoms with van der Waals surface area (Å²) in [6.07, 6.45) is 6.15. The molecule has 1 rings (SSSR count). The minimum atomic E-state index is 0.0150. The number of halogens is 3. The molecule has 0 radical (unpaired) electrons. The van der Waals surface area contributed by atoms with E-state index in [1.807, 2.05) is 6.08 Å². The van der Waals surface area contributed by atoms with Gasteiger partial charge in [-0.05, 0) is 12.8 Å². The fraction of sp³-hybridized carbons (Fsp3) is 0.600. The topological polar surface area (TPSA) is 0 Å². The van der Waals surface area contributed by atoms with Gasteiger partial charge in [0.25, 0.3) is 0 Å². The molecular weight excluding hydrogens is 271 g/mol. The third-order valence-corrected chi connectivity index (χ3v) is 4.08. The predicted molar refractivity (Wildman–Crippen MR) is 63.9 cm³/mol. The Morgan fingerprint density at radius 2 is 2.46 bits per heavy atom. The van der Waals surface area contributed by atoms with E-state index in [0.29, 0.717) is 0 Å². The smallest absolute Gasteiger partial charge is 0.0462 e. The second kappa shape index (κ2) is 4.86. The van der Waals surface area contributed by atoms with Crippen molar-refractivity contribution in [3.8, 4) is 0 Å². The Labute approximate surface area is 98.1 Å². The van der Waals surface area contributed by atoms with Crippen molar-refractivity contribution < 1.29 is 0 Å². The lowest BCUT2D eigenvalue weighted by molar-refractivity contribution is 0.383. The van der Waals surface area contributed by atoms with Crippen molar-refractivity contribution in [2.75, 3.05) is 5.33 Å². The maximum Gasteiger partial charge on any atom is 0.0462 e. The highest BCUT2D eigenvalue weighted by Gasteiger charge is 2.33.